The molecular weight excluding hydrogens is 296 g/mol. The van der Waals surface area contributed by atoms with E-state index in [0.717, 1.165) is 0 Å². The molecule has 1 aliphatic rings. The Morgan fingerprint density at radius 1 is 1.62 bits per heavy atom. The Bertz CT molecular complexity index is 533. The maximum atomic E-state index is 12.1. The van der Waals surface area contributed by atoms with Crippen LogP contribution in [0.3, 0.4) is 0 Å². The van der Waals surface area contributed by atoms with Gasteiger partial charge in [0.25, 0.3) is 0 Å². The predicted octanol–water partition coefficient (Wildman–Crippen LogP) is -0.858. The fourth-order valence-corrected chi connectivity index (χ4v) is 2.81. The van der Waals surface area contributed by atoms with E-state index in [1.54, 1.807) is 6.92 Å². The largest absolute Gasteiger partial charge is 0.480 e. The van der Waals surface area contributed by atoms with E-state index in [1.807, 2.05) is 0 Å². The van der Waals surface area contributed by atoms with E-state index in [4.69, 9.17) is 0 Å². The van der Waals surface area contributed by atoms with Crippen LogP contribution >= 0.6 is 11.8 Å². The van der Waals surface area contributed by atoms with Gasteiger partial charge in [-0.05, 0) is 6.92 Å². The zero-order chi connectivity index (χ0) is 15.4. The minimum absolute atomic E-state index is 0.102. The number of thioether (sulfide) groups is 1. The van der Waals surface area contributed by atoms with E-state index in [0.29, 0.717) is 11.4 Å². The number of aliphatic carboxylic acids is 1. The summed E-state index contributed by atoms with van der Waals surface area (Å²) >= 11 is 1.37. The zero-order valence-electron chi connectivity index (χ0n) is 11.3. The highest BCUT2D eigenvalue weighted by Crippen LogP contribution is 2.17. The number of rotatable bonds is 5. The van der Waals surface area contributed by atoms with Crippen LogP contribution in [0.2, 0.25) is 0 Å². The maximum absolute atomic E-state index is 12.1. The molecular formula is C12H16N4O4S. The topological polar surface area (TPSA) is 124 Å². The van der Waals surface area contributed by atoms with Crippen LogP contribution in [0, 0.1) is 0 Å². The molecule has 0 unspecified atom stereocenters. The molecule has 0 bridgehead atoms. The van der Waals surface area contributed by atoms with E-state index in [9.17, 15) is 19.5 Å². The molecule has 4 N–H and O–H groups in total. The van der Waals surface area contributed by atoms with Crippen LogP contribution in [0.15, 0.2) is 12.5 Å². The minimum atomic E-state index is -1.14. The predicted molar refractivity (Wildman–Crippen MR) is 75.7 cm³/mol. The van der Waals surface area contributed by atoms with Gasteiger partial charge in [-0.25, -0.2) is 9.78 Å². The van der Waals surface area contributed by atoms with Crippen LogP contribution in [-0.2, 0) is 20.8 Å². The van der Waals surface area contributed by atoms with Gasteiger partial charge in [-0.2, -0.15) is 0 Å². The van der Waals surface area contributed by atoms with Gasteiger partial charge in [-0.3, -0.25) is 9.59 Å². The monoisotopic (exact) mass is 312 g/mol. The second-order valence-corrected chi connectivity index (χ2v) is 6.09. The number of H-pyrrole nitrogens is 1. The molecule has 2 heterocycles. The smallest absolute Gasteiger partial charge is 0.326 e. The van der Waals surface area contributed by atoms with Crippen LogP contribution in [0.4, 0.5) is 0 Å². The molecule has 3 atom stereocenters. The standard InChI is InChI=1S/C12H16N4O4S/c1-6-10(17)16-9(4-21-6)11(18)15-8(12(19)20)2-7-3-13-5-14-7/h3,5-6,8-9H,2,4H2,1H3,(H,13,14)(H,15,18)(H,16,17)(H,19,20)/t6-,8+,9+/m1/s1. The van der Waals surface area contributed by atoms with Crippen LogP contribution in [0.25, 0.3) is 0 Å². The second-order valence-electron chi connectivity index (χ2n) is 4.72. The van der Waals surface area contributed by atoms with Crippen molar-refractivity contribution in [2.75, 3.05) is 5.75 Å². The Morgan fingerprint density at radius 2 is 2.38 bits per heavy atom. The molecule has 2 rings (SSSR count). The highest BCUT2D eigenvalue weighted by molar-refractivity contribution is 8.00. The molecule has 114 valence electrons. The average Bonchev–Trinajstić information content (AvgIpc) is 2.93. The SMILES string of the molecule is C[C@H]1SC[C@@H](C(=O)N[C@@H](Cc2cnc[nH]2)C(=O)O)NC1=O. The Balaban J connectivity index is 1.95. The quantitative estimate of drug-likeness (QED) is 0.561. The third-order valence-corrected chi connectivity index (χ3v) is 4.35. The van der Waals surface area contributed by atoms with Gasteiger partial charge in [0, 0.05) is 24.1 Å². The van der Waals surface area contributed by atoms with Crippen molar-refractivity contribution in [2.45, 2.75) is 30.7 Å². The van der Waals surface area contributed by atoms with Crippen LogP contribution in [0.5, 0.6) is 0 Å². The molecule has 21 heavy (non-hydrogen) atoms. The number of nitrogens with one attached hydrogen (secondary N) is 3. The molecule has 1 fully saturated rings. The fourth-order valence-electron chi connectivity index (χ4n) is 1.88. The number of imidazole rings is 1. The van der Waals surface area contributed by atoms with Gasteiger partial charge >= 0.3 is 5.97 Å². The van der Waals surface area contributed by atoms with Gasteiger partial charge in [-0.1, -0.05) is 0 Å². The van der Waals surface area contributed by atoms with Gasteiger partial charge < -0.3 is 20.7 Å². The molecule has 0 spiro atoms. The highest BCUT2D eigenvalue weighted by Gasteiger charge is 2.32. The zero-order valence-corrected chi connectivity index (χ0v) is 12.1. The number of nitrogens with zero attached hydrogens (tertiary/aromatic N) is 1. The molecule has 1 saturated heterocycles. The van der Waals surface area contributed by atoms with Crippen molar-refractivity contribution < 1.29 is 19.5 Å². The summed E-state index contributed by atoms with van der Waals surface area (Å²) in [6.45, 7) is 1.76. The first kappa shape index (κ1) is 15.4. The number of aromatic nitrogens is 2. The minimum Gasteiger partial charge on any atom is -0.480 e. The molecule has 1 aromatic heterocycles. The molecule has 8 nitrogen and oxygen atoms in total. The van der Waals surface area contributed by atoms with Gasteiger partial charge in [0.2, 0.25) is 11.8 Å². The van der Waals surface area contributed by atoms with E-state index in [2.05, 4.69) is 20.6 Å². The van der Waals surface area contributed by atoms with Crippen molar-refractivity contribution >= 4 is 29.5 Å². The van der Waals surface area contributed by atoms with E-state index >= 15 is 0 Å². The van der Waals surface area contributed by atoms with Crippen LogP contribution in [-0.4, -0.2) is 55.9 Å². The number of carbonyl (C=O) groups is 3. The lowest BCUT2D eigenvalue weighted by molar-refractivity contribution is -0.142. The first-order valence-corrected chi connectivity index (χ1v) is 7.44. The van der Waals surface area contributed by atoms with E-state index in [-0.39, 0.29) is 17.6 Å². The summed E-state index contributed by atoms with van der Waals surface area (Å²) in [6.07, 6.45) is 3.04. The summed E-state index contributed by atoms with van der Waals surface area (Å²) in [6, 6.07) is -1.78. The maximum Gasteiger partial charge on any atom is 0.326 e. The van der Waals surface area contributed by atoms with Crippen molar-refractivity contribution in [3.63, 3.8) is 0 Å². The Labute approximate surface area is 125 Å². The molecule has 9 heteroatoms. The van der Waals surface area contributed by atoms with Crippen molar-refractivity contribution in [1.29, 1.82) is 0 Å². The Kier molecular flexibility index (Phi) is 4.84. The number of amides is 2. The number of hydrogen-bond acceptors (Lipinski definition) is 5. The van der Waals surface area contributed by atoms with Crippen molar-refractivity contribution in [1.82, 2.24) is 20.6 Å². The third-order valence-electron chi connectivity index (χ3n) is 3.11. The summed E-state index contributed by atoms with van der Waals surface area (Å²) in [5.41, 5.74) is 0.610. The molecule has 0 aliphatic carbocycles. The number of carboxylic acid groups (broad SMARTS) is 1. The summed E-state index contributed by atoms with van der Waals surface area (Å²) < 4.78 is 0. The Morgan fingerprint density at radius 3 is 2.95 bits per heavy atom. The number of carboxylic acids is 1. The van der Waals surface area contributed by atoms with E-state index in [1.165, 1.54) is 24.3 Å². The number of carbonyl (C=O) groups excluding carboxylic acids is 2. The van der Waals surface area contributed by atoms with Gasteiger partial charge in [0.1, 0.15) is 12.1 Å². The lowest BCUT2D eigenvalue weighted by atomic mass is 10.1. The molecule has 0 saturated carbocycles. The van der Waals surface area contributed by atoms with Crippen LogP contribution < -0.4 is 10.6 Å². The van der Waals surface area contributed by atoms with Crippen molar-refractivity contribution in [3.05, 3.63) is 18.2 Å². The first-order valence-electron chi connectivity index (χ1n) is 6.39. The summed E-state index contributed by atoms with van der Waals surface area (Å²) in [5.74, 6) is -1.42. The summed E-state index contributed by atoms with van der Waals surface area (Å²) in [5, 5.41) is 14.0. The lowest BCUT2D eigenvalue weighted by Gasteiger charge is -2.27. The van der Waals surface area contributed by atoms with Gasteiger partial charge in [-0.15, -0.1) is 11.8 Å². The summed E-state index contributed by atoms with van der Waals surface area (Å²) in [4.78, 5) is 41.4. The normalized spacial score (nSPS) is 23.2. The number of hydrogen-bond donors (Lipinski definition) is 4. The molecule has 1 aliphatic heterocycles. The number of aromatic amines is 1. The molecule has 0 aromatic carbocycles. The third kappa shape index (κ3) is 3.97. The fraction of sp³-hybridized carbons (Fsp3) is 0.500. The van der Waals surface area contributed by atoms with Crippen molar-refractivity contribution in [2.24, 2.45) is 0 Å². The van der Waals surface area contributed by atoms with E-state index < -0.39 is 24.0 Å². The second kappa shape index (κ2) is 6.61. The van der Waals surface area contributed by atoms with Gasteiger partial charge in [0.05, 0.1) is 11.6 Å². The average molecular weight is 312 g/mol. The molecule has 2 amide bonds. The van der Waals surface area contributed by atoms with Crippen LogP contribution in [0.1, 0.15) is 12.6 Å². The van der Waals surface area contributed by atoms with Crippen molar-refractivity contribution in [3.8, 4) is 0 Å². The molecule has 1 aromatic rings. The molecule has 0 radical (unpaired) electrons. The highest BCUT2D eigenvalue weighted by atomic mass is 32.2. The van der Waals surface area contributed by atoms with Gasteiger partial charge in [0.15, 0.2) is 0 Å². The first-order chi connectivity index (χ1) is 9.97. The Hall–Kier alpha value is -2.03. The lowest BCUT2D eigenvalue weighted by Crippen LogP contribution is -2.56. The summed E-state index contributed by atoms with van der Waals surface area (Å²) in [7, 11) is 0.